The van der Waals surface area contributed by atoms with Crippen LogP contribution in [0.2, 0.25) is 35.2 Å². The fourth-order valence-corrected chi connectivity index (χ4v) is 3.26. The number of benzene rings is 2. The predicted molar refractivity (Wildman–Crippen MR) is 88.1 cm³/mol. The van der Waals surface area contributed by atoms with Crippen LogP contribution in [0.3, 0.4) is 0 Å². The molecular weight excluding hydrogens is 443 g/mol. The van der Waals surface area contributed by atoms with Crippen LogP contribution in [0.15, 0.2) is 0 Å². The summed E-state index contributed by atoms with van der Waals surface area (Å²) >= 11 is 41.5. The van der Waals surface area contributed by atoms with E-state index in [4.69, 9.17) is 90.7 Å². The van der Waals surface area contributed by atoms with E-state index >= 15 is 0 Å². The topological polar surface area (TPSA) is 18.5 Å². The van der Waals surface area contributed by atoms with Gasteiger partial charge in [0.15, 0.2) is 23.1 Å². The van der Waals surface area contributed by atoms with Crippen LogP contribution in [0, 0.1) is 5.82 Å². The molecule has 0 spiro atoms. The first-order valence-corrected chi connectivity index (χ1v) is 7.97. The van der Waals surface area contributed by atoms with Crippen molar-refractivity contribution in [3.8, 4) is 23.0 Å². The lowest BCUT2D eigenvalue weighted by molar-refractivity contribution is 0.343. The van der Waals surface area contributed by atoms with Crippen LogP contribution < -0.4 is 9.47 Å². The summed E-state index contributed by atoms with van der Waals surface area (Å²) in [6.07, 6.45) is 0. The average Bonchev–Trinajstić information content (AvgIpc) is 2.52. The molecule has 0 unspecified atom stereocenters. The zero-order valence-electron chi connectivity index (χ0n) is 9.84. The first kappa shape index (κ1) is 16.8. The molecule has 22 heavy (non-hydrogen) atoms. The SMILES string of the molecule is Fc1c(Cl)c(Cl)c(Cl)c2c1Oc1c(Cl)c(Cl)c(Cl)c(Cl)c1O2. The number of hydrogen-bond donors (Lipinski definition) is 0. The molecule has 0 bridgehead atoms. The highest BCUT2D eigenvalue weighted by Gasteiger charge is 2.34. The van der Waals surface area contributed by atoms with Crippen LogP contribution in [0.4, 0.5) is 4.39 Å². The maximum absolute atomic E-state index is 14.2. The zero-order valence-corrected chi connectivity index (χ0v) is 15.1. The molecular formula is C12Cl7FO2. The number of ether oxygens (including phenoxy) is 2. The molecule has 0 N–H and O–H groups in total. The van der Waals surface area contributed by atoms with E-state index in [9.17, 15) is 4.39 Å². The van der Waals surface area contributed by atoms with E-state index in [1.807, 2.05) is 0 Å². The number of fused-ring (bicyclic) bond motifs is 2. The maximum Gasteiger partial charge on any atom is 0.209 e. The van der Waals surface area contributed by atoms with Gasteiger partial charge in [-0.2, -0.15) is 0 Å². The van der Waals surface area contributed by atoms with E-state index in [1.54, 1.807) is 0 Å². The van der Waals surface area contributed by atoms with Gasteiger partial charge in [-0.25, -0.2) is 4.39 Å². The Morgan fingerprint density at radius 3 is 1.23 bits per heavy atom. The summed E-state index contributed by atoms with van der Waals surface area (Å²) in [5, 5.41) is -1.07. The van der Waals surface area contributed by atoms with Gasteiger partial charge in [-0.1, -0.05) is 81.2 Å². The molecule has 2 aromatic rings. The Labute approximate surface area is 158 Å². The number of rotatable bonds is 0. The molecule has 2 aromatic carbocycles. The quantitative estimate of drug-likeness (QED) is 0.257. The van der Waals surface area contributed by atoms with E-state index < -0.39 is 10.8 Å². The van der Waals surface area contributed by atoms with Crippen LogP contribution in [0.1, 0.15) is 0 Å². The second kappa shape index (κ2) is 5.82. The second-order valence-corrected chi connectivity index (χ2v) is 6.68. The van der Waals surface area contributed by atoms with Gasteiger partial charge in [0.1, 0.15) is 20.1 Å². The molecule has 1 aliphatic rings. The third kappa shape index (κ3) is 2.30. The van der Waals surface area contributed by atoms with Crippen molar-refractivity contribution in [3.05, 3.63) is 41.0 Å². The minimum absolute atomic E-state index is 0.0456. The van der Waals surface area contributed by atoms with Gasteiger partial charge < -0.3 is 9.47 Å². The van der Waals surface area contributed by atoms with Gasteiger partial charge in [-0.05, 0) is 0 Å². The summed E-state index contributed by atoms with van der Waals surface area (Å²) in [5.41, 5.74) is 0. The molecule has 1 aliphatic heterocycles. The minimum atomic E-state index is -0.963. The molecule has 0 aromatic heterocycles. The van der Waals surface area contributed by atoms with Crippen LogP contribution in [-0.2, 0) is 0 Å². The summed E-state index contributed by atoms with van der Waals surface area (Å²) in [4.78, 5) is 0. The third-order valence-electron chi connectivity index (χ3n) is 2.77. The highest BCUT2D eigenvalue weighted by atomic mass is 35.5. The Bertz CT molecular complexity index is 702. The van der Waals surface area contributed by atoms with E-state index in [-0.39, 0.29) is 53.1 Å². The van der Waals surface area contributed by atoms with Gasteiger partial charge in [0.25, 0.3) is 0 Å². The summed E-state index contributed by atoms with van der Waals surface area (Å²) in [6.45, 7) is 0. The summed E-state index contributed by atoms with van der Waals surface area (Å²) in [7, 11) is 0. The Kier molecular flexibility index (Phi) is 4.45. The van der Waals surface area contributed by atoms with Gasteiger partial charge in [-0.15, -0.1) is 0 Å². The highest BCUT2D eigenvalue weighted by Crippen LogP contribution is 2.60. The van der Waals surface area contributed by atoms with Gasteiger partial charge >= 0.3 is 0 Å². The van der Waals surface area contributed by atoms with Crippen molar-refractivity contribution in [3.63, 3.8) is 0 Å². The van der Waals surface area contributed by atoms with Crippen LogP contribution in [-0.4, -0.2) is 0 Å². The summed E-state index contributed by atoms with van der Waals surface area (Å²) in [5.74, 6) is -1.72. The van der Waals surface area contributed by atoms with Gasteiger partial charge in [0, 0.05) is 0 Å². The molecule has 1 heterocycles. The van der Waals surface area contributed by atoms with Crippen LogP contribution in [0.25, 0.3) is 0 Å². The van der Waals surface area contributed by atoms with E-state index in [2.05, 4.69) is 0 Å². The predicted octanol–water partition coefficient (Wildman–Crippen LogP) is 8.30. The molecule has 0 radical (unpaired) electrons. The molecule has 0 atom stereocenters. The Balaban J connectivity index is 2.32. The van der Waals surface area contributed by atoms with Gasteiger partial charge in [0.05, 0.1) is 15.1 Å². The molecule has 0 saturated heterocycles. The smallest absolute Gasteiger partial charge is 0.209 e. The molecule has 116 valence electrons. The standard InChI is InChI=1S/C12Cl7FO2/c13-1-2(14)6(18)10-9(5(1)17)21-11-7(19)3(15)4(16)8(20)12(11)22-10. The molecule has 0 amide bonds. The number of halogens is 8. The first-order valence-electron chi connectivity index (χ1n) is 5.33. The molecule has 3 rings (SSSR count). The molecule has 0 aliphatic carbocycles. The minimum Gasteiger partial charge on any atom is -0.446 e. The Hall–Kier alpha value is -0.000000000000000222. The van der Waals surface area contributed by atoms with Gasteiger partial charge in [-0.3, -0.25) is 0 Å². The zero-order chi connectivity index (χ0) is 16.3. The van der Waals surface area contributed by atoms with Crippen molar-refractivity contribution < 1.29 is 13.9 Å². The fraction of sp³-hybridized carbons (Fsp3) is 0. The largest absolute Gasteiger partial charge is 0.446 e. The number of hydrogen-bond acceptors (Lipinski definition) is 2. The van der Waals surface area contributed by atoms with Crippen molar-refractivity contribution in [2.24, 2.45) is 0 Å². The van der Waals surface area contributed by atoms with Gasteiger partial charge in [0.2, 0.25) is 5.75 Å². The normalized spacial score (nSPS) is 12.4. The summed E-state index contributed by atoms with van der Waals surface area (Å²) in [6, 6.07) is 0. The molecule has 0 fully saturated rings. The van der Waals surface area contributed by atoms with Crippen molar-refractivity contribution >= 4 is 81.2 Å². The molecule has 0 saturated carbocycles. The third-order valence-corrected chi connectivity index (χ3v) is 5.83. The highest BCUT2D eigenvalue weighted by molar-refractivity contribution is 6.53. The van der Waals surface area contributed by atoms with E-state index in [1.165, 1.54) is 0 Å². The first-order chi connectivity index (χ1) is 10.3. The lowest BCUT2D eigenvalue weighted by Crippen LogP contribution is -2.04. The summed E-state index contributed by atoms with van der Waals surface area (Å²) < 4.78 is 25.1. The maximum atomic E-state index is 14.2. The Morgan fingerprint density at radius 2 is 0.773 bits per heavy atom. The van der Waals surface area contributed by atoms with Crippen LogP contribution in [0.5, 0.6) is 23.0 Å². The fourth-order valence-electron chi connectivity index (χ4n) is 1.75. The molecule has 10 heteroatoms. The Morgan fingerprint density at radius 1 is 0.455 bits per heavy atom. The van der Waals surface area contributed by atoms with Crippen LogP contribution >= 0.6 is 81.2 Å². The van der Waals surface area contributed by atoms with E-state index in [0.29, 0.717) is 0 Å². The lowest BCUT2D eigenvalue weighted by Gasteiger charge is -2.25. The van der Waals surface area contributed by atoms with Crippen molar-refractivity contribution in [1.82, 2.24) is 0 Å². The monoisotopic (exact) mass is 440 g/mol. The van der Waals surface area contributed by atoms with Crippen molar-refractivity contribution in [1.29, 1.82) is 0 Å². The second-order valence-electron chi connectivity index (χ2n) is 4.03. The average molecular weight is 443 g/mol. The lowest BCUT2D eigenvalue weighted by atomic mass is 10.2. The van der Waals surface area contributed by atoms with Crippen molar-refractivity contribution in [2.45, 2.75) is 0 Å². The van der Waals surface area contributed by atoms with E-state index in [0.717, 1.165) is 0 Å². The van der Waals surface area contributed by atoms with Crippen molar-refractivity contribution in [2.75, 3.05) is 0 Å². The molecule has 2 nitrogen and oxygen atoms in total.